The molecule has 1 aromatic heterocycles. The molecule has 0 radical (unpaired) electrons. The van der Waals surface area contributed by atoms with Gasteiger partial charge in [-0.3, -0.25) is 0 Å². The Labute approximate surface area is 124 Å². The number of benzene rings is 1. The lowest BCUT2D eigenvalue weighted by atomic mass is 10.1. The molecule has 0 saturated heterocycles. The van der Waals surface area contributed by atoms with Gasteiger partial charge in [-0.15, -0.1) is 0 Å². The summed E-state index contributed by atoms with van der Waals surface area (Å²) in [7, 11) is 0. The van der Waals surface area contributed by atoms with Crippen LogP contribution >= 0.6 is 0 Å². The van der Waals surface area contributed by atoms with Crippen molar-refractivity contribution in [3.63, 3.8) is 0 Å². The van der Waals surface area contributed by atoms with Crippen LogP contribution in [0.5, 0.6) is 5.75 Å². The Morgan fingerprint density at radius 1 is 1.14 bits per heavy atom. The largest absolute Gasteiger partial charge is 0.494 e. The summed E-state index contributed by atoms with van der Waals surface area (Å²) < 4.78 is 7.45. The first-order valence-corrected chi connectivity index (χ1v) is 7.05. The molecule has 0 unspecified atom stereocenters. The minimum absolute atomic E-state index is 0.447. The highest BCUT2D eigenvalue weighted by Gasteiger charge is 2.24. The molecule has 5 heteroatoms. The Morgan fingerprint density at radius 2 is 1.76 bits per heavy atom. The smallest absolute Gasteiger partial charge is 0.292 e. The molecule has 0 saturated carbocycles. The van der Waals surface area contributed by atoms with Gasteiger partial charge in [0.1, 0.15) is 17.1 Å². The Balaban J connectivity index is 2.50. The van der Waals surface area contributed by atoms with E-state index in [1.807, 2.05) is 31.2 Å². The zero-order chi connectivity index (χ0) is 15.6. The lowest BCUT2D eigenvalue weighted by Crippen LogP contribution is -2.28. The highest BCUT2D eigenvalue weighted by Crippen LogP contribution is 2.23. The predicted octanol–water partition coefficient (Wildman–Crippen LogP) is 3.02. The Hall–Kier alpha value is -2.30. The molecule has 2 aromatic rings. The van der Waals surface area contributed by atoms with Crippen molar-refractivity contribution < 1.29 is 14.4 Å². The minimum Gasteiger partial charge on any atom is -0.494 e. The monoisotopic (exact) mass is 289 g/mol. The van der Waals surface area contributed by atoms with Crippen molar-refractivity contribution in [2.45, 2.75) is 34.1 Å². The number of rotatable bonds is 4. The summed E-state index contributed by atoms with van der Waals surface area (Å²) in [4.78, 5) is 12.4. The van der Waals surface area contributed by atoms with E-state index in [0.717, 1.165) is 26.9 Å². The molecule has 1 aromatic carbocycles. The zero-order valence-electron chi connectivity index (χ0n) is 12.9. The van der Waals surface area contributed by atoms with Crippen molar-refractivity contribution >= 4 is 0 Å². The summed E-state index contributed by atoms with van der Waals surface area (Å²) in [5.74, 6) is 0.774. The molecule has 0 fully saturated rings. The molecule has 0 spiro atoms. The van der Waals surface area contributed by atoms with Crippen molar-refractivity contribution in [2.75, 3.05) is 6.61 Å². The van der Waals surface area contributed by atoms with Crippen LogP contribution in [-0.4, -0.2) is 16.5 Å². The lowest BCUT2D eigenvalue weighted by Gasteiger charge is -2.08. The zero-order valence-corrected chi connectivity index (χ0v) is 12.9. The third-order valence-corrected chi connectivity index (χ3v) is 3.61. The van der Waals surface area contributed by atoms with Gasteiger partial charge < -0.3 is 9.94 Å². The van der Waals surface area contributed by atoms with Gasteiger partial charge in [0.2, 0.25) is 0 Å². The molecule has 0 atom stereocenters. The van der Waals surface area contributed by atoms with E-state index < -0.39 is 0 Å². The third kappa shape index (κ3) is 2.77. The van der Waals surface area contributed by atoms with E-state index in [9.17, 15) is 10.1 Å². The summed E-state index contributed by atoms with van der Waals surface area (Å²) >= 11 is 0. The fourth-order valence-electron chi connectivity index (χ4n) is 2.22. The van der Waals surface area contributed by atoms with Gasteiger partial charge in [-0.05, 0) is 44.5 Å². The number of hydrogen-bond donors (Lipinski definition) is 1. The van der Waals surface area contributed by atoms with Crippen LogP contribution < -0.4 is 9.16 Å². The summed E-state index contributed by atoms with van der Waals surface area (Å²) in [6.45, 7) is 7.84. The molecular formula is C16H21N2O3+. The van der Waals surface area contributed by atoms with Gasteiger partial charge in [-0.1, -0.05) is 6.92 Å². The summed E-state index contributed by atoms with van der Waals surface area (Å²) in [5, 5.41) is 10.1. The number of hydrogen-bond acceptors (Lipinski definition) is 3. The van der Waals surface area contributed by atoms with Crippen molar-refractivity contribution in [3.8, 4) is 17.0 Å². The quantitative estimate of drug-likeness (QED) is 0.695. The normalized spacial score (nSPS) is 10.7. The second kappa shape index (κ2) is 5.99. The number of nitrogens with zero attached hydrogens (tertiary/aromatic N) is 2. The summed E-state index contributed by atoms with van der Waals surface area (Å²) in [6.07, 6.45) is 0.948. The van der Waals surface area contributed by atoms with Crippen molar-refractivity contribution in [3.05, 3.63) is 46.3 Å². The molecule has 112 valence electrons. The van der Waals surface area contributed by atoms with Crippen LogP contribution in [0, 0.1) is 25.7 Å². The van der Waals surface area contributed by atoms with Crippen LogP contribution in [0.2, 0.25) is 0 Å². The SMILES string of the molecule is CCCOc1ccc(-c2c(C)n(O)c(C)c(C)[n+]2=O)cc1. The predicted molar refractivity (Wildman–Crippen MR) is 80.4 cm³/mol. The summed E-state index contributed by atoms with van der Waals surface area (Å²) in [6, 6.07) is 7.33. The standard InChI is InChI=1S/C16H21N2O3/c1-5-10-21-15-8-6-14(7-9-15)16-13(4)17(19)11(2)12(3)18(16)20/h6-9,19H,5,10H2,1-4H3/q+1. The molecule has 1 N–H and O–H groups in total. The molecule has 0 aliphatic carbocycles. The molecule has 2 rings (SSSR count). The highest BCUT2D eigenvalue weighted by molar-refractivity contribution is 5.59. The van der Waals surface area contributed by atoms with Crippen molar-refractivity contribution in [2.24, 2.45) is 0 Å². The Kier molecular flexibility index (Phi) is 4.31. The molecule has 0 aliphatic rings. The highest BCUT2D eigenvalue weighted by atomic mass is 16.5. The van der Waals surface area contributed by atoms with E-state index in [4.69, 9.17) is 4.74 Å². The minimum atomic E-state index is 0.447. The molecule has 1 heterocycles. The van der Waals surface area contributed by atoms with Crippen LogP contribution in [0.3, 0.4) is 0 Å². The van der Waals surface area contributed by atoms with Gasteiger partial charge >= 0.3 is 0 Å². The number of aromatic nitrogens is 2. The molecule has 0 bridgehead atoms. The maximum Gasteiger partial charge on any atom is 0.292 e. The van der Waals surface area contributed by atoms with Gasteiger partial charge in [0, 0.05) is 11.8 Å². The van der Waals surface area contributed by atoms with E-state index in [1.54, 1.807) is 20.8 Å². The van der Waals surface area contributed by atoms with Crippen LogP contribution in [0.25, 0.3) is 11.3 Å². The first-order chi connectivity index (χ1) is 9.97. The van der Waals surface area contributed by atoms with Crippen molar-refractivity contribution in [1.82, 2.24) is 4.73 Å². The number of ether oxygens (including phenoxy) is 1. The molecule has 0 amide bonds. The van der Waals surface area contributed by atoms with E-state index >= 15 is 0 Å². The van der Waals surface area contributed by atoms with Crippen LogP contribution in [0.4, 0.5) is 0 Å². The average Bonchev–Trinajstić information content (AvgIpc) is 2.50. The first-order valence-electron chi connectivity index (χ1n) is 7.05. The fourth-order valence-corrected chi connectivity index (χ4v) is 2.22. The van der Waals surface area contributed by atoms with Crippen LogP contribution in [-0.2, 0) is 0 Å². The van der Waals surface area contributed by atoms with E-state index in [2.05, 4.69) is 0 Å². The molecule has 5 nitrogen and oxygen atoms in total. The maximum absolute atomic E-state index is 12.4. The molecule has 0 aliphatic heterocycles. The van der Waals surface area contributed by atoms with Gasteiger partial charge in [-0.2, -0.15) is 4.73 Å². The van der Waals surface area contributed by atoms with Gasteiger partial charge in [0.05, 0.1) is 16.6 Å². The van der Waals surface area contributed by atoms with E-state index in [1.165, 1.54) is 0 Å². The van der Waals surface area contributed by atoms with E-state index in [0.29, 0.717) is 29.4 Å². The Morgan fingerprint density at radius 3 is 2.33 bits per heavy atom. The van der Waals surface area contributed by atoms with E-state index in [-0.39, 0.29) is 0 Å². The Bertz CT molecular complexity index is 703. The second-order valence-electron chi connectivity index (χ2n) is 5.08. The third-order valence-electron chi connectivity index (χ3n) is 3.61. The van der Waals surface area contributed by atoms with Crippen LogP contribution in [0.15, 0.2) is 24.3 Å². The summed E-state index contributed by atoms with van der Waals surface area (Å²) in [5.41, 5.74) is 2.72. The molecule has 21 heavy (non-hydrogen) atoms. The van der Waals surface area contributed by atoms with Crippen LogP contribution in [0.1, 0.15) is 30.4 Å². The van der Waals surface area contributed by atoms with Gasteiger partial charge in [-0.25, -0.2) is 0 Å². The van der Waals surface area contributed by atoms with Gasteiger partial charge in [0.15, 0.2) is 0 Å². The first kappa shape index (κ1) is 15.1. The fraction of sp³-hybridized carbons (Fsp3) is 0.375. The average molecular weight is 289 g/mol. The topological polar surface area (TPSA) is 57.4 Å². The lowest BCUT2D eigenvalue weighted by molar-refractivity contribution is -0.493. The van der Waals surface area contributed by atoms with Crippen molar-refractivity contribution in [1.29, 1.82) is 0 Å². The maximum atomic E-state index is 12.4. The molecular weight excluding hydrogens is 268 g/mol. The van der Waals surface area contributed by atoms with Gasteiger partial charge in [0.25, 0.3) is 11.4 Å². The second-order valence-corrected chi connectivity index (χ2v) is 5.08.